The van der Waals surface area contributed by atoms with Gasteiger partial charge in [0.15, 0.2) is 0 Å². The van der Waals surface area contributed by atoms with E-state index in [1.165, 1.54) is 6.20 Å². The monoisotopic (exact) mass is 306 g/mol. The highest BCUT2D eigenvalue weighted by molar-refractivity contribution is 5.98. The first-order valence-electron chi connectivity index (χ1n) is 7.34. The molecule has 2 atom stereocenters. The topological polar surface area (TPSA) is 88.5 Å². The van der Waals surface area contributed by atoms with Crippen LogP contribution in [-0.2, 0) is 9.53 Å². The van der Waals surface area contributed by atoms with Gasteiger partial charge in [-0.2, -0.15) is 0 Å². The molecule has 0 aromatic carbocycles. The van der Waals surface area contributed by atoms with E-state index < -0.39 is 22.8 Å². The second kappa shape index (κ2) is 5.68. The number of carboxylic acids is 1. The third kappa shape index (κ3) is 2.47. The standard InChI is InChI=1S/C16H22N2O4/c1-5-22-12-8-16(14(20)21,15(12,3)4)18-13(19)11-7-6-10(2)17-9-11/h6-7,9,12H,5,8H2,1-4H3,(H,18,19)(H,20,21). The molecule has 1 aliphatic rings. The molecule has 1 aromatic heterocycles. The molecule has 0 bridgehead atoms. The van der Waals surface area contributed by atoms with E-state index >= 15 is 0 Å². The van der Waals surface area contributed by atoms with Crippen LogP contribution in [0.4, 0.5) is 0 Å². The van der Waals surface area contributed by atoms with Crippen molar-refractivity contribution in [2.45, 2.75) is 45.8 Å². The third-order valence-corrected chi connectivity index (χ3v) is 4.63. The van der Waals surface area contributed by atoms with Crippen molar-refractivity contribution in [1.29, 1.82) is 0 Å². The third-order valence-electron chi connectivity index (χ3n) is 4.63. The molecule has 6 nitrogen and oxygen atoms in total. The highest BCUT2D eigenvalue weighted by atomic mass is 16.5. The SMILES string of the molecule is CCOC1CC(NC(=O)c2ccc(C)nc2)(C(=O)O)C1(C)C. The van der Waals surface area contributed by atoms with E-state index in [1.807, 2.05) is 13.8 Å². The Morgan fingerprint density at radius 1 is 1.45 bits per heavy atom. The minimum Gasteiger partial charge on any atom is -0.479 e. The van der Waals surface area contributed by atoms with Crippen molar-refractivity contribution in [3.05, 3.63) is 29.6 Å². The van der Waals surface area contributed by atoms with Gasteiger partial charge in [-0.1, -0.05) is 13.8 Å². The molecule has 1 fully saturated rings. The van der Waals surface area contributed by atoms with Gasteiger partial charge in [-0.15, -0.1) is 0 Å². The van der Waals surface area contributed by atoms with Crippen LogP contribution in [0.1, 0.15) is 43.2 Å². The van der Waals surface area contributed by atoms with E-state index in [2.05, 4.69) is 10.3 Å². The number of rotatable bonds is 5. The summed E-state index contributed by atoms with van der Waals surface area (Å²) in [6.07, 6.45) is 1.52. The van der Waals surface area contributed by atoms with E-state index in [0.717, 1.165) is 5.69 Å². The smallest absolute Gasteiger partial charge is 0.330 e. The Kier molecular flexibility index (Phi) is 4.24. The van der Waals surface area contributed by atoms with Crippen LogP contribution >= 0.6 is 0 Å². The normalized spacial score (nSPS) is 26.1. The maximum atomic E-state index is 12.4. The number of carbonyl (C=O) groups excluding carboxylic acids is 1. The lowest BCUT2D eigenvalue weighted by Crippen LogP contribution is -2.76. The second-order valence-electron chi connectivity index (χ2n) is 6.22. The van der Waals surface area contributed by atoms with Crippen LogP contribution in [0.5, 0.6) is 0 Å². The van der Waals surface area contributed by atoms with E-state index in [0.29, 0.717) is 12.2 Å². The number of carbonyl (C=O) groups is 2. The van der Waals surface area contributed by atoms with Crippen LogP contribution in [-0.4, -0.2) is 40.2 Å². The Balaban J connectivity index is 2.22. The fourth-order valence-electron chi connectivity index (χ4n) is 2.91. The molecule has 2 N–H and O–H groups in total. The molecular weight excluding hydrogens is 284 g/mol. The summed E-state index contributed by atoms with van der Waals surface area (Å²) in [5, 5.41) is 12.3. The number of aryl methyl sites for hydroxylation is 1. The molecule has 120 valence electrons. The first-order chi connectivity index (χ1) is 10.2. The molecule has 1 heterocycles. The number of pyridine rings is 1. The fourth-order valence-corrected chi connectivity index (χ4v) is 2.91. The zero-order valence-corrected chi connectivity index (χ0v) is 13.3. The Morgan fingerprint density at radius 3 is 2.59 bits per heavy atom. The number of aliphatic carboxylic acids is 1. The molecule has 0 aliphatic heterocycles. The van der Waals surface area contributed by atoms with Gasteiger partial charge in [0.05, 0.1) is 11.7 Å². The quantitative estimate of drug-likeness (QED) is 0.865. The van der Waals surface area contributed by atoms with Crippen LogP contribution in [0, 0.1) is 12.3 Å². The molecule has 0 spiro atoms. The molecule has 22 heavy (non-hydrogen) atoms. The van der Waals surface area contributed by atoms with Gasteiger partial charge >= 0.3 is 5.97 Å². The number of amides is 1. The van der Waals surface area contributed by atoms with Crippen molar-refractivity contribution in [3.63, 3.8) is 0 Å². The number of hydrogen-bond acceptors (Lipinski definition) is 4. The van der Waals surface area contributed by atoms with Crippen LogP contribution in [0.25, 0.3) is 0 Å². The summed E-state index contributed by atoms with van der Waals surface area (Å²) < 4.78 is 5.57. The Bertz CT molecular complexity index is 582. The fraction of sp³-hybridized carbons (Fsp3) is 0.562. The van der Waals surface area contributed by atoms with E-state index in [1.54, 1.807) is 26.0 Å². The summed E-state index contributed by atoms with van der Waals surface area (Å²) in [4.78, 5) is 28.2. The lowest BCUT2D eigenvalue weighted by molar-refractivity contribution is -0.190. The average molecular weight is 306 g/mol. The van der Waals surface area contributed by atoms with Crippen molar-refractivity contribution >= 4 is 11.9 Å². The van der Waals surface area contributed by atoms with E-state index in [4.69, 9.17) is 4.74 Å². The Labute approximate surface area is 129 Å². The largest absolute Gasteiger partial charge is 0.479 e. The number of nitrogens with one attached hydrogen (secondary N) is 1. The van der Waals surface area contributed by atoms with Gasteiger partial charge < -0.3 is 15.2 Å². The minimum atomic E-state index is -1.32. The number of nitrogens with zero attached hydrogens (tertiary/aromatic N) is 1. The summed E-state index contributed by atoms with van der Waals surface area (Å²) >= 11 is 0. The molecule has 1 aromatic rings. The molecule has 2 rings (SSSR count). The Morgan fingerprint density at radius 2 is 2.14 bits per heavy atom. The van der Waals surface area contributed by atoms with Gasteiger partial charge in [-0.3, -0.25) is 9.78 Å². The van der Waals surface area contributed by atoms with Gasteiger partial charge in [0.25, 0.3) is 5.91 Å². The van der Waals surface area contributed by atoms with Gasteiger partial charge in [0, 0.05) is 30.3 Å². The van der Waals surface area contributed by atoms with Crippen molar-refractivity contribution in [1.82, 2.24) is 10.3 Å². The summed E-state index contributed by atoms with van der Waals surface area (Å²) in [6.45, 7) is 7.81. The van der Waals surface area contributed by atoms with Gasteiger partial charge in [-0.25, -0.2) is 4.79 Å². The minimum absolute atomic E-state index is 0.190. The zero-order chi connectivity index (χ0) is 16.5. The molecule has 6 heteroatoms. The highest BCUT2D eigenvalue weighted by Crippen LogP contribution is 2.51. The van der Waals surface area contributed by atoms with Crippen molar-refractivity contribution < 1.29 is 19.4 Å². The lowest BCUT2D eigenvalue weighted by Gasteiger charge is -2.58. The predicted molar refractivity (Wildman–Crippen MR) is 80.6 cm³/mol. The summed E-state index contributed by atoms with van der Waals surface area (Å²) in [6, 6.07) is 3.36. The maximum Gasteiger partial charge on any atom is 0.330 e. The van der Waals surface area contributed by atoms with Crippen LogP contribution in [0.3, 0.4) is 0 Å². The number of carboxylic acid groups (broad SMARTS) is 1. The molecule has 2 unspecified atom stereocenters. The van der Waals surface area contributed by atoms with Gasteiger partial charge in [0.1, 0.15) is 5.54 Å². The maximum absolute atomic E-state index is 12.4. The molecular formula is C16H22N2O4. The summed E-state index contributed by atoms with van der Waals surface area (Å²) in [5.41, 5.74) is -0.871. The lowest BCUT2D eigenvalue weighted by atomic mass is 9.54. The molecule has 1 amide bonds. The molecule has 1 aliphatic carbocycles. The average Bonchev–Trinajstić information content (AvgIpc) is 2.46. The summed E-state index contributed by atoms with van der Waals surface area (Å²) in [7, 11) is 0. The first kappa shape index (κ1) is 16.4. The first-order valence-corrected chi connectivity index (χ1v) is 7.34. The predicted octanol–water partition coefficient (Wildman–Crippen LogP) is 1.78. The van der Waals surface area contributed by atoms with Crippen molar-refractivity contribution in [2.75, 3.05) is 6.61 Å². The summed E-state index contributed by atoms with van der Waals surface area (Å²) in [5.74, 6) is -1.47. The van der Waals surface area contributed by atoms with E-state index in [-0.39, 0.29) is 12.5 Å². The molecule has 0 saturated heterocycles. The second-order valence-corrected chi connectivity index (χ2v) is 6.22. The van der Waals surface area contributed by atoms with Gasteiger partial charge in [-0.05, 0) is 26.0 Å². The van der Waals surface area contributed by atoms with Crippen LogP contribution in [0.15, 0.2) is 18.3 Å². The van der Waals surface area contributed by atoms with Crippen LogP contribution < -0.4 is 5.32 Å². The Hall–Kier alpha value is -1.95. The highest BCUT2D eigenvalue weighted by Gasteiger charge is 2.66. The van der Waals surface area contributed by atoms with E-state index in [9.17, 15) is 14.7 Å². The number of aromatic nitrogens is 1. The zero-order valence-electron chi connectivity index (χ0n) is 13.3. The molecule has 1 saturated carbocycles. The number of hydrogen-bond donors (Lipinski definition) is 2. The van der Waals surface area contributed by atoms with Gasteiger partial charge in [0.2, 0.25) is 0 Å². The number of ether oxygens (including phenoxy) is 1. The van der Waals surface area contributed by atoms with Crippen molar-refractivity contribution in [3.8, 4) is 0 Å². The molecule has 0 radical (unpaired) electrons. The van der Waals surface area contributed by atoms with Crippen molar-refractivity contribution in [2.24, 2.45) is 5.41 Å². The van der Waals surface area contributed by atoms with Crippen LogP contribution in [0.2, 0.25) is 0 Å².